The summed E-state index contributed by atoms with van der Waals surface area (Å²) in [7, 11) is 0. The van der Waals surface area contributed by atoms with E-state index in [-0.39, 0.29) is 12.1 Å². The fourth-order valence-corrected chi connectivity index (χ4v) is 5.81. The van der Waals surface area contributed by atoms with Gasteiger partial charge in [-0.05, 0) is 80.9 Å². The zero-order valence-corrected chi connectivity index (χ0v) is 21.9. The molecule has 2 unspecified atom stereocenters. The molecule has 1 aromatic carbocycles. The number of ether oxygens (including phenoxy) is 1. The number of aromatic nitrogens is 2. The van der Waals surface area contributed by atoms with Gasteiger partial charge in [0.25, 0.3) is 0 Å². The van der Waals surface area contributed by atoms with Crippen molar-refractivity contribution < 1.29 is 4.74 Å². The second kappa shape index (κ2) is 10.1. The molecule has 6 nitrogen and oxygen atoms in total. The lowest BCUT2D eigenvalue weighted by molar-refractivity contribution is 0.0350. The topological polar surface area (TPSA) is 45.6 Å². The highest BCUT2D eigenvalue weighted by Gasteiger charge is 2.41. The second-order valence-electron chi connectivity index (χ2n) is 9.73. The normalized spacial score (nSPS) is 20.9. The first-order valence-electron chi connectivity index (χ1n) is 12.5. The van der Waals surface area contributed by atoms with Crippen molar-refractivity contribution in [3.63, 3.8) is 0 Å². The first-order valence-corrected chi connectivity index (χ1v) is 12.9. The minimum Gasteiger partial charge on any atom is -0.379 e. The lowest BCUT2D eigenvalue weighted by Gasteiger charge is -2.32. The van der Waals surface area contributed by atoms with Crippen LogP contribution in [0.1, 0.15) is 45.9 Å². The molecule has 0 aliphatic carbocycles. The minimum absolute atomic E-state index is 0.000876. The van der Waals surface area contributed by atoms with Crippen molar-refractivity contribution in [1.29, 1.82) is 0 Å². The molecule has 2 aromatic heterocycles. The number of rotatable bonds is 6. The van der Waals surface area contributed by atoms with Crippen molar-refractivity contribution in [3.05, 3.63) is 82.4 Å². The molecule has 0 saturated carbocycles. The Morgan fingerprint density at radius 1 is 1.03 bits per heavy atom. The van der Waals surface area contributed by atoms with Gasteiger partial charge in [-0.1, -0.05) is 18.2 Å². The van der Waals surface area contributed by atoms with Crippen LogP contribution < -0.4 is 5.32 Å². The number of thiocarbonyl (C=S) groups is 1. The maximum Gasteiger partial charge on any atom is 0.170 e. The highest BCUT2D eigenvalue weighted by molar-refractivity contribution is 7.80. The van der Waals surface area contributed by atoms with Crippen molar-refractivity contribution >= 4 is 17.3 Å². The lowest BCUT2D eigenvalue weighted by atomic mass is 9.96. The van der Waals surface area contributed by atoms with Crippen LogP contribution in [0.25, 0.3) is 5.69 Å². The molecule has 7 heteroatoms. The van der Waals surface area contributed by atoms with Gasteiger partial charge in [-0.3, -0.25) is 9.88 Å². The molecule has 4 heterocycles. The molecule has 2 fully saturated rings. The van der Waals surface area contributed by atoms with Gasteiger partial charge >= 0.3 is 0 Å². The lowest BCUT2D eigenvalue weighted by Crippen LogP contribution is -2.42. The van der Waals surface area contributed by atoms with Gasteiger partial charge in [0, 0.05) is 49.5 Å². The number of hydrogen-bond acceptors (Lipinski definition) is 4. The van der Waals surface area contributed by atoms with Gasteiger partial charge in [-0.25, -0.2) is 0 Å². The number of morpholine rings is 1. The van der Waals surface area contributed by atoms with Crippen LogP contribution in [0, 0.1) is 27.7 Å². The summed E-state index contributed by atoms with van der Waals surface area (Å²) < 4.78 is 7.94. The standard InChI is InChI=1S/C28H35N5OS/c1-19-8-9-20(2)25(17-19)33-21(3)18-23(22(33)4)27-26(24-7-5-6-10-29-24)30-28(35)32(27)12-11-31-13-15-34-16-14-31/h5-10,17-18,26-27H,11-16H2,1-4H3,(H,30,35). The third kappa shape index (κ3) is 4.73. The Kier molecular flexibility index (Phi) is 6.91. The van der Waals surface area contributed by atoms with Crippen molar-refractivity contribution in [2.75, 3.05) is 39.4 Å². The van der Waals surface area contributed by atoms with E-state index in [0.717, 1.165) is 50.2 Å². The summed E-state index contributed by atoms with van der Waals surface area (Å²) in [5.74, 6) is 0. The van der Waals surface area contributed by atoms with E-state index in [9.17, 15) is 0 Å². The summed E-state index contributed by atoms with van der Waals surface area (Å²) in [4.78, 5) is 9.56. The number of hydrogen-bond donors (Lipinski definition) is 1. The molecule has 2 aliphatic heterocycles. The van der Waals surface area contributed by atoms with Crippen LogP contribution in [0.4, 0.5) is 0 Å². The molecule has 2 aliphatic rings. The molecule has 2 atom stereocenters. The smallest absolute Gasteiger partial charge is 0.170 e. The van der Waals surface area contributed by atoms with Crippen LogP contribution in [0.5, 0.6) is 0 Å². The maximum absolute atomic E-state index is 5.91. The Balaban J connectivity index is 1.55. The summed E-state index contributed by atoms with van der Waals surface area (Å²) in [6.45, 7) is 14.2. The molecule has 0 radical (unpaired) electrons. The fraction of sp³-hybridized carbons (Fsp3) is 0.429. The molecule has 3 aromatic rings. The van der Waals surface area contributed by atoms with Crippen molar-refractivity contribution in [2.45, 2.75) is 39.8 Å². The molecule has 35 heavy (non-hydrogen) atoms. The van der Waals surface area contributed by atoms with E-state index in [4.69, 9.17) is 21.9 Å². The molecule has 0 amide bonds. The number of aryl methyl sites for hydroxylation is 3. The Bertz CT molecular complexity index is 1200. The molecule has 2 saturated heterocycles. The van der Waals surface area contributed by atoms with E-state index in [1.54, 1.807) is 0 Å². The third-order valence-corrected chi connectivity index (χ3v) is 7.71. The summed E-state index contributed by atoms with van der Waals surface area (Å²) in [6, 6.07) is 15.2. The Hall–Kier alpha value is -2.74. The summed E-state index contributed by atoms with van der Waals surface area (Å²) >= 11 is 5.91. The van der Waals surface area contributed by atoms with E-state index in [1.807, 2.05) is 12.3 Å². The molecule has 1 N–H and O–H groups in total. The van der Waals surface area contributed by atoms with Gasteiger partial charge in [-0.2, -0.15) is 0 Å². The molecular weight excluding hydrogens is 454 g/mol. The fourth-order valence-electron chi connectivity index (χ4n) is 5.48. The molecule has 0 bridgehead atoms. The maximum atomic E-state index is 5.91. The van der Waals surface area contributed by atoms with E-state index < -0.39 is 0 Å². The first-order chi connectivity index (χ1) is 16.9. The van der Waals surface area contributed by atoms with Gasteiger partial charge in [0.2, 0.25) is 0 Å². The molecule has 5 rings (SSSR count). The second-order valence-corrected chi connectivity index (χ2v) is 10.1. The van der Waals surface area contributed by atoms with Gasteiger partial charge in [0.1, 0.15) is 0 Å². The van der Waals surface area contributed by atoms with Crippen molar-refractivity contribution in [1.82, 2.24) is 24.7 Å². The predicted octanol–water partition coefficient (Wildman–Crippen LogP) is 4.41. The number of benzene rings is 1. The van der Waals surface area contributed by atoms with Crippen LogP contribution in [-0.2, 0) is 4.74 Å². The van der Waals surface area contributed by atoms with Crippen LogP contribution in [0.3, 0.4) is 0 Å². The number of nitrogens with zero attached hydrogens (tertiary/aromatic N) is 4. The minimum atomic E-state index is 0.000876. The van der Waals surface area contributed by atoms with Gasteiger partial charge in [0.15, 0.2) is 5.11 Å². The summed E-state index contributed by atoms with van der Waals surface area (Å²) in [6.07, 6.45) is 1.87. The van der Waals surface area contributed by atoms with E-state index in [1.165, 1.54) is 33.8 Å². The highest BCUT2D eigenvalue weighted by atomic mass is 32.1. The Labute approximate surface area is 213 Å². The highest BCUT2D eigenvalue weighted by Crippen LogP contribution is 2.41. The molecule has 0 spiro atoms. The quantitative estimate of drug-likeness (QED) is 0.518. The van der Waals surface area contributed by atoms with Crippen LogP contribution in [-0.4, -0.2) is 63.9 Å². The molecular formula is C28H35N5OS. The zero-order valence-electron chi connectivity index (χ0n) is 21.1. The summed E-state index contributed by atoms with van der Waals surface area (Å²) in [5, 5.41) is 4.42. The SMILES string of the molecule is Cc1ccc(C)c(-n2c(C)cc(C3C(c4ccccn4)NC(=S)N3CCN3CCOCC3)c2C)c1. The number of pyridine rings is 1. The average molecular weight is 490 g/mol. The van der Waals surface area contributed by atoms with Crippen molar-refractivity contribution in [3.8, 4) is 5.69 Å². The molecule has 184 valence electrons. The van der Waals surface area contributed by atoms with Crippen LogP contribution in [0.2, 0.25) is 0 Å². The number of nitrogens with one attached hydrogen (secondary N) is 1. The zero-order chi connectivity index (χ0) is 24.5. The predicted molar refractivity (Wildman–Crippen MR) is 144 cm³/mol. The summed E-state index contributed by atoms with van der Waals surface area (Å²) in [5.41, 5.74) is 8.59. The Morgan fingerprint density at radius 2 is 1.83 bits per heavy atom. The van der Waals surface area contributed by atoms with E-state index in [0.29, 0.717) is 0 Å². The monoisotopic (exact) mass is 489 g/mol. The van der Waals surface area contributed by atoms with E-state index in [2.05, 4.69) is 83.8 Å². The van der Waals surface area contributed by atoms with Crippen LogP contribution in [0.15, 0.2) is 48.7 Å². The van der Waals surface area contributed by atoms with Gasteiger partial charge in [-0.15, -0.1) is 0 Å². The third-order valence-electron chi connectivity index (χ3n) is 7.35. The van der Waals surface area contributed by atoms with Gasteiger partial charge in [0.05, 0.1) is 31.0 Å². The Morgan fingerprint density at radius 3 is 2.57 bits per heavy atom. The first kappa shape index (κ1) is 24.0. The average Bonchev–Trinajstić information content (AvgIpc) is 3.35. The van der Waals surface area contributed by atoms with E-state index >= 15 is 0 Å². The van der Waals surface area contributed by atoms with Crippen LogP contribution >= 0.6 is 12.2 Å². The van der Waals surface area contributed by atoms with Crippen molar-refractivity contribution in [2.24, 2.45) is 0 Å². The van der Waals surface area contributed by atoms with Gasteiger partial charge < -0.3 is 19.5 Å². The largest absolute Gasteiger partial charge is 0.379 e.